The molecule has 0 atom stereocenters. The van der Waals surface area contributed by atoms with Crippen LogP contribution in [0.1, 0.15) is 18.4 Å². The third-order valence-electron chi connectivity index (χ3n) is 6.34. The summed E-state index contributed by atoms with van der Waals surface area (Å²) < 4.78 is 64.4. The number of nitrogens with zero attached hydrogens (tertiary/aromatic N) is 4. The van der Waals surface area contributed by atoms with Gasteiger partial charge in [0.05, 0.1) is 28.6 Å². The molecule has 1 saturated heterocycles. The van der Waals surface area contributed by atoms with Gasteiger partial charge < -0.3 is 15.0 Å². The first-order valence-electron chi connectivity index (χ1n) is 11.9. The average Bonchev–Trinajstić information content (AvgIpc) is 3.39. The SMILES string of the molecule is CN(F)Cc1ccc(-c2cc(-c3nc(-c4ccc(S(=O)(=O)C5CCOCC5)cc4)cnc3N)on2)c(F)c1. The lowest BCUT2D eigenvalue weighted by atomic mass is 10.1. The van der Waals surface area contributed by atoms with Gasteiger partial charge in [0.25, 0.3) is 0 Å². The van der Waals surface area contributed by atoms with Gasteiger partial charge in [-0.05, 0) is 42.7 Å². The van der Waals surface area contributed by atoms with Crippen LogP contribution in [0.15, 0.2) is 64.1 Å². The van der Waals surface area contributed by atoms with Crippen LogP contribution >= 0.6 is 0 Å². The fourth-order valence-electron chi connectivity index (χ4n) is 4.34. The van der Waals surface area contributed by atoms with E-state index in [1.807, 2.05) is 0 Å². The van der Waals surface area contributed by atoms with Crippen LogP contribution in [-0.4, -0.2) is 54.2 Å². The van der Waals surface area contributed by atoms with Crippen LogP contribution in [0.4, 0.5) is 14.7 Å². The minimum absolute atomic E-state index is 0.0529. The molecule has 1 fully saturated rings. The molecule has 0 spiro atoms. The van der Waals surface area contributed by atoms with E-state index in [4.69, 9.17) is 15.0 Å². The first-order chi connectivity index (χ1) is 18.2. The van der Waals surface area contributed by atoms with Gasteiger partial charge in [-0.1, -0.05) is 23.4 Å². The number of anilines is 1. The molecule has 198 valence electrons. The predicted octanol–water partition coefficient (Wildman–Crippen LogP) is 4.46. The van der Waals surface area contributed by atoms with Crippen LogP contribution in [0.25, 0.3) is 34.0 Å². The number of rotatable bonds is 7. The number of nitrogens with two attached hydrogens (primary N) is 1. The van der Waals surface area contributed by atoms with Crippen LogP contribution in [0, 0.1) is 5.82 Å². The van der Waals surface area contributed by atoms with Crippen molar-refractivity contribution in [1.82, 2.24) is 20.2 Å². The van der Waals surface area contributed by atoms with Gasteiger partial charge >= 0.3 is 0 Å². The molecule has 0 radical (unpaired) electrons. The molecule has 0 bridgehead atoms. The molecule has 2 aromatic carbocycles. The number of aromatic nitrogens is 3. The molecular weight excluding hydrogens is 516 g/mol. The Balaban J connectivity index is 1.40. The monoisotopic (exact) mass is 541 g/mol. The van der Waals surface area contributed by atoms with E-state index in [-0.39, 0.29) is 40.0 Å². The van der Waals surface area contributed by atoms with Gasteiger partial charge in [0.15, 0.2) is 27.1 Å². The molecule has 5 rings (SSSR count). The van der Waals surface area contributed by atoms with Crippen molar-refractivity contribution in [2.24, 2.45) is 0 Å². The van der Waals surface area contributed by atoms with Crippen LogP contribution in [0.2, 0.25) is 0 Å². The fourth-order valence-corrected chi connectivity index (χ4v) is 6.06. The Bertz CT molecular complexity index is 1550. The van der Waals surface area contributed by atoms with Crippen LogP contribution in [-0.2, 0) is 21.1 Å². The Morgan fingerprint density at radius 3 is 2.50 bits per heavy atom. The van der Waals surface area contributed by atoms with E-state index in [1.165, 1.54) is 31.4 Å². The average molecular weight is 542 g/mol. The molecule has 3 heterocycles. The number of ether oxygens (including phenoxy) is 1. The number of halogens is 2. The third-order valence-corrected chi connectivity index (χ3v) is 8.62. The van der Waals surface area contributed by atoms with Gasteiger partial charge in [0.2, 0.25) is 0 Å². The Hall–Kier alpha value is -3.74. The number of nitrogen functional groups attached to an aromatic ring is 1. The lowest BCUT2D eigenvalue weighted by Crippen LogP contribution is -2.28. The molecule has 0 aliphatic carbocycles. The minimum atomic E-state index is -3.47. The molecule has 38 heavy (non-hydrogen) atoms. The van der Waals surface area contributed by atoms with Crippen LogP contribution in [0.5, 0.6) is 0 Å². The quantitative estimate of drug-likeness (QED) is 0.338. The van der Waals surface area contributed by atoms with E-state index in [2.05, 4.69) is 15.1 Å². The number of sulfone groups is 1. The van der Waals surface area contributed by atoms with E-state index in [0.29, 0.717) is 48.0 Å². The molecule has 1 aliphatic rings. The van der Waals surface area contributed by atoms with Gasteiger partial charge in [-0.2, -0.15) is 0 Å². The number of benzene rings is 2. The Morgan fingerprint density at radius 1 is 1.08 bits per heavy atom. The van der Waals surface area contributed by atoms with Gasteiger partial charge in [-0.3, -0.25) is 0 Å². The molecule has 1 aliphatic heterocycles. The van der Waals surface area contributed by atoms with Crippen molar-refractivity contribution in [2.45, 2.75) is 29.5 Å². The van der Waals surface area contributed by atoms with E-state index < -0.39 is 20.9 Å². The summed E-state index contributed by atoms with van der Waals surface area (Å²) in [4.78, 5) is 8.98. The molecule has 12 heteroatoms. The zero-order chi connectivity index (χ0) is 26.9. The summed E-state index contributed by atoms with van der Waals surface area (Å²) >= 11 is 0. The minimum Gasteiger partial charge on any atom is -0.382 e. The first-order valence-corrected chi connectivity index (χ1v) is 13.4. The molecule has 9 nitrogen and oxygen atoms in total. The zero-order valence-electron chi connectivity index (χ0n) is 20.5. The second-order valence-corrected chi connectivity index (χ2v) is 11.3. The van der Waals surface area contributed by atoms with Gasteiger partial charge in [0.1, 0.15) is 11.5 Å². The smallest absolute Gasteiger partial charge is 0.189 e. The van der Waals surface area contributed by atoms with Crippen molar-refractivity contribution in [3.8, 4) is 34.0 Å². The van der Waals surface area contributed by atoms with E-state index in [9.17, 15) is 17.3 Å². The normalized spacial score (nSPS) is 14.7. The maximum Gasteiger partial charge on any atom is 0.189 e. The van der Waals surface area contributed by atoms with Crippen molar-refractivity contribution < 1.29 is 26.5 Å². The summed E-state index contributed by atoms with van der Waals surface area (Å²) in [6, 6.07) is 12.3. The number of hydrogen-bond acceptors (Lipinski definition) is 9. The highest BCUT2D eigenvalue weighted by Gasteiger charge is 2.29. The summed E-state index contributed by atoms with van der Waals surface area (Å²) in [5.74, 6) is -0.317. The lowest BCUT2D eigenvalue weighted by molar-refractivity contribution is 0.0505. The zero-order valence-corrected chi connectivity index (χ0v) is 21.3. The summed E-state index contributed by atoms with van der Waals surface area (Å²) in [5, 5.41) is 3.94. The summed E-state index contributed by atoms with van der Waals surface area (Å²) in [6.45, 7) is 0.816. The van der Waals surface area contributed by atoms with Gasteiger partial charge in [-0.15, -0.1) is 9.60 Å². The summed E-state index contributed by atoms with van der Waals surface area (Å²) in [7, 11) is -2.22. The fraction of sp³-hybridized carbons (Fsp3) is 0.269. The Morgan fingerprint density at radius 2 is 1.82 bits per heavy atom. The Labute approximate surface area is 218 Å². The standard InChI is InChI=1S/C26H25F2N5O4S/c1-33(28)15-16-2-7-20(21(27)12-16)22-13-24(37-32-22)25-26(29)30-14-23(31-25)17-3-5-18(6-4-17)38(34,35)19-8-10-36-11-9-19/h2-7,12-14,19H,8-11,15H2,1H3,(H2,29,30). The van der Waals surface area contributed by atoms with Crippen molar-refractivity contribution in [1.29, 1.82) is 0 Å². The van der Waals surface area contributed by atoms with Crippen molar-refractivity contribution in [2.75, 3.05) is 26.0 Å². The maximum atomic E-state index is 14.7. The van der Waals surface area contributed by atoms with E-state index in [0.717, 1.165) is 0 Å². The van der Waals surface area contributed by atoms with Crippen molar-refractivity contribution in [3.05, 3.63) is 66.1 Å². The second-order valence-electron chi connectivity index (χ2n) is 9.02. The molecule has 4 aromatic rings. The van der Waals surface area contributed by atoms with E-state index >= 15 is 0 Å². The molecular formula is C26H25F2N5O4S. The molecule has 0 amide bonds. The molecule has 2 N–H and O–H groups in total. The highest BCUT2D eigenvalue weighted by atomic mass is 32.2. The molecule has 0 saturated carbocycles. The van der Waals surface area contributed by atoms with Crippen molar-refractivity contribution in [3.63, 3.8) is 0 Å². The predicted molar refractivity (Wildman–Crippen MR) is 136 cm³/mol. The van der Waals surface area contributed by atoms with Crippen LogP contribution < -0.4 is 5.73 Å². The summed E-state index contributed by atoms with van der Waals surface area (Å²) in [6.07, 6.45) is 2.41. The maximum absolute atomic E-state index is 14.7. The number of hydrogen-bond donors (Lipinski definition) is 1. The Kier molecular flexibility index (Phi) is 7.19. The highest BCUT2D eigenvalue weighted by molar-refractivity contribution is 7.92. The topological polar surface area (TPSA) is 124 Å². The third kappa shape index (κ3) is 5.28. The highest BCUT2D eigenvalue weighted by Crippen LogP contribution is 2.32. The largest absolute Gasteiger partial charge is 0.382 e. The van der Waals surface area contributed by atoms with Crippen molar-refractivity contribution >= 4 is 15.7 Å². The molecule has 2 aromatic heterocycles. The van der Waals surface area contributed by atoms with Crippen LogP contribution in [0.3, 0.4) is 0 Å². The first kappa shape index (κ1) is 25.9. The van der Waals surface area contributed by atoms with Gasteiger partial charge in [-0.25, -0.2) is 22.8 Å². The lowest BCUT2D eigenvalue weighted by Gasteiger charge is -2.22. The molecule has 0 unspecified atom stereocenters. The summed E-state index contributed by atoms with van der Waals surface area (Å²) in [5.41, 5.74) is 8.17. The van der Waals surface area contributed by atoms with Gasteiger partial charge in [0, 0.05) is 37.5 Å². The second kappa shape index (κ2) is 10.6. The van der Waals surface area contributed by atoms with E-state index in [1.54, 1.807) is 30.3 Å².